The van der Waals surface area contributed by atoms with Crippen molar-refractivity contribution in [2.45, 2.75) is 13.8 Å². The van der Waals surface area contributed by atoms with Gasteiger partial charge in [-0.1, -0.05) is 28.1 Å². The lowest BCUT2D eigenvalue weighted by atomic mass is 10.1. The van der Waals surface area contributed by atoms with Crippen LogP contribution in [0.1, 0.15) is 16.7 Å². The molecule has 1 N–H and O–H groups in total. The number of aliphatic imine (C=N–C) groups is 1. The first-order valence-corrected chi connectivity index (χ1v) is 7.35. The van der Waals surface area contributed by atoms with Gasteiger partial charge in [0.05, 0.1) is 10.2 Å². The standard InChI is InChI=1S/C15H13Br2NO/c1-9-3-4-10(2)14(5-9)18-8-11-6-12(16)7-13(17)15(11)19/h3-8,19H,1-2H3. The molecular formula is C15H13Br2NO. The molecule has 2 rings (SSSR count). The quantitative estimate of drug-likeness (QED) is 0.703. The van der Waals surface area contributed by atoms with Crippen LogP contribution in [0, 0.1) is 13.8 Å². The van der Waals surface area contributed by atoms with Crippen LogP contribution in [-0.2, 0) is 0 Å². The second-order valence-corrected chi connectivity index (χ2v) is 6.14. The van der Waals surface area contributed by atoms with Crippen molar-refractivity contribution in [3.05, 3.63) is 56.0 Å². The maximum atomic E-state index is 9.96. The average molecular weight is 383 g/mol. The summed E-state index contributed by atoms with van der Waals surface area (Å²) in [6.45, 7) is 4.05. The molecule has 2 nitrogen and oxygen atoms in total. The highest BCUT2D eigenvalue weighted by Crippen LogP contribution is 2.31. The van der Waals surface area contributed by atoms with Crippen molar-refractivity contribution in [3.63, 3.8) is 0 Å². The monoisotopic (exact) mass is 381 g/mol. The van der Waals surface area contributed by atoms with Gasteiger partial charge in [-0.2, -0.15) is 0 Å². The Hall–Kier alpha value is -1.13. The third kappa shape index (κ3) is 3.45. The van der Waals surface area contributed by atoms with Gasteiger partial charge in [0.1, 0.15) is 5.75 Å². The first kappa shape index (κ1) is 14.3. The van der Waals surface area contributed by atoms with Crippen LogP contribution in [0.25, 0.3) is 0 Å². The Labute approximate surface area is 129 Å². The summed E-state index contributed by atoms with van der Waals surface area (Å²) >= 11 is 6.70. The van der Waals surface area contributed by atoms with Crippen molar-refractivity contribution in [2.24, 2.45) is 4.99 Å². The third-order valence-corrected chi connectivity index (χ3v) is 3.83. The highest BCUT2D eigenvalue weighted by molar-refractivity contribution is 9.11. The zero-order chi connectivity index (χ0) is 14.0. The van der Waals surface area contributed by atoms with Gasteiger partial charge >= 0.3 is 0 Å². The fourth-order valence-corrected chi connectivity index (χ4v) is 2.94. The van der Waals surface area contributed by atoms with Crippen molar-refractivity contribution in [1.29, 1.82) is 0 Å². The molecule has 0 aliphatic rings. The van der Waals surface area contributed by atoms with Crippen molar-refractivity contribution >= 4 is 43.8 Å². The molecule has 0 atom stereocenters. The number of halogens is 2. The highest BCUT2D eigenvalue weighted by Gasteiger charge is 2.05. The van der Waals surface area contributed by atoms with Crippen LogP contribution in [0.2, 0.25) is 0 Å². The van der Waals surface area contributed by atoms with Crippen molar-refractivity contribution in [3.8, 4) is 5.75 Å². The zero-order valence-corrected chi connectivity index (χ0v) is 13.8. The Morgan fingerprint density at radius 1 is 1.11 bits per heavy atom. The van der Waals surface area contributed by atoms with Gasteiger partial charge < -0.3 is 5.11 Å². The van der Waals surface area contributed by atoms with E-state index in [1.165, 1.54) is 0 Å². The molecule has 0 fully saturated rings. The number of hydrogen-bond donors (Lipinski definition) is 1. The zero-order valence-electron chi connectivity index (χ0n) is 10.6. The van der Waals surface area contributed by atoms with E-state index in [0.717, 1.165) is 21.3 Å². The molecule has 2 aromatic carbocycles. The lowest BCUT2D eigenvalue weighted by molar-refractivity contribution is 0.471. The summed E-state index contributed by atoms with van der Waals surface area (Å²) in [5.74, 6) is 0.192. The first-order valence-electron chi connectivity index (χ1n) is 5.76. The van der Waals surface area contributed by atoms with E-state index in [0.29, 0.717) is 10.0 Å². The normalized spacial score (nSPS) is 11.2. The predicted octanol–water partition coefficient (Wildman–Crippen LogP) is 5.28. The van der Waals surface area contributed by atoms with Gasteiger partial charge in [0.2, 0.25) is 0 Å². The van der Waals surface area contributed by atoms with E-state index in [9.17, 15) is 5.11 Å². The maximum Gasteiger partial charge on any atom is 0.138 e. The van der Waals surface area contributed by atoms with Crippen LogP contribution in [0.15, 0.2) is 44.3 Å². The van der Waals surface area contributed by atoms with Gasteiger partial charge in [0, 0.05) is 16.3 Å². The average Bonchev–Trinajstić information content (AvgIpc) is 2.35. The minimum Gasteiger partial charge on any atom is -0.506 e. The van der Waals surface area contributed by atoms with E-state index in [1.807, 2.05) is 32.0 Å². The van der Waals surface area contributed by atoms with Crippen LogP contribution in [0.4, 0.5) is 5.69 Å². The van der Waals surface area contributed by atoms with Crippen molar-refractivity contribution in [2.75, 3.05) is 0 Å². The van der Waals surface area contributed by atoms with Crippen LogP contribution in [0.3, 0.4) is 0 Å². The van der Waals surface area contributed by atoms with Crippen molar-refractivity contribution in [1.82, 2.24) is 0 Å². The van der Waals surface area contributed by atoms with E-state index in [2.05, 4.69) is 42.9 Å². The molecule has 19 heavy (non-hydrogen) atoms. The Balaban J connectivity index is 2.40. The fraction of sp³-hybridized carbons (Fsp3) is 0.133. The third-order valence-electron chi connectivity index (χ3n) is 2.77. The van der Waals surface area contributed by atoms with E-state index in [-0.39, 0.29) is 5.75 Å². The lowest BCUT2D eigenvalue weighted by Crippen LogP contribution is -1.85. The molecule has 0 aliphatic carbocycles. The Kier molecular flexibility index (Phi) is 4.42. The number of rotatable bonds is 2. The summed E-state index contributed by atoms with van der Waals surface area (Å²) in [4.78, 5) is 4.45. The molecular weight excluding hydrogens is 370 g/mol. The van der Waals surface area contributed by atoms with Gasteiger partial charge in [-0.05, 0) is 59.1 Å². The summed E-state index contributed by atoms with van der Waals surface area (Å²) in [5.41, 5.74) is 3.85. The molecule has 0 radical (unpaired) electrons. The summed E-state index contributed by atoms with van der Waals surface area (Å²) in [7, 11) is 0. The maximum absolute atomic E-state index is 9.96. The van der Waals surface area contributed by atoms with Crippen LogP contribution < -0.4 is 0 Å². The van der Waals surface area contributed by atoms with Gasteiger partial charge in [-0.3, -0.25) is 4.99 Å². The molecule has 4 heteroatoms. The molecule has 0 amide bonds. The largest absolute Gasteiger partial charge is 0.506 e. The van der Waals surface area contributed by atoms with E-state index >= 15 is 0 Å². The fourth-order valence-electron chi connectivity index (χ4n) is 1.68. The molecule has 0 aromatic heterocycles. The molecule has 0 saturated carbocycles. The van der Waals surface area contributed by atoms with Gasteiger partial charge in [0.15, 0.2) is 0 Å². The number of aryl methyl sites for hydroxylation is 2. The first-order chi connectivity index (χ1) is 8.97. The van der Waals surface area contributed by atoms with Crippen LogP contribution in [0.5, 0.6) is 5.75 Å². The van der Waals surface area contributed by atoms with Gasteiger partial charge in [-0.15, -0.1) is 0 Å². The second-order valence-electron chi connectivity index (χ2n) is 4.37. The second kappa shape index (κ2) is 5.88. The summed E-state index contributed by atoms with van der Waals surface area (Å²) in [5, 5.41) is 9.96. The number of nitrogens with zero attached hydrogens (tertiary/aromatic N) is 1. The highest BCUT2D eigenvalue weighted by atomic mass is 79.9. The smallest absolute Gasteiger partial charge is 0.138 e. The molecule has 0 saturated heterocycles. The molecule has 0 heterocycles. The van der Waals surface area contributed by atoms with E-state index < -0.39 is 0 Å². The molecule has 0 aliphatic heterocycles. The Bertz CT molecular complexity index is 651. The minimum absolute atomic E-state index is 0.192. The van der Waals surface area contributed by atoms with E-state index in [4.69, 9.17) is 0 Å². The van der Waals surface area contributed by atoms with Gasteiger partial charge in [-0.25, -0.2) is 0 Å². The minimum atomic E-state index is 0.192. The summed E-state index contributed by atoms with van der Waals surface area (Å²) < 4.78 is 1.53. The van der Waals surface area contributed by atoms with Crippen LogP contribution >= 0.6 is 31.9 Å². The van der Waals surface area contributed by atoms with Gasteiger partial charge in [0.25, 0.3) is 0 Å². The van der Waals surface area contributed by atoms with Crippen molar-refractivity contribution < 1.29 is 5.11 Å². The topological polar surface area (TPSA) is 32.6 Å². The predicted molar refractivity (Wildman–Crippen MR) is 86.7 cm³/mol. The molecule has 0 bridgehead atoms. The Morgan fingerprint density at radius 2 is 1.84 bits per heavy atom. The SMILES string of the molecule is Cc1ccc(C)c(N=Cc2cc(Br)cc(Br)c2O)c1. The number of aromatic hydroxyl groups is 1. The number of phenolic OH excluding ortho intramolecular Hbond substituents is 1. The molecule has 0 unspecified atom stereocenters. The van der Waals surface area contributed by atoms with E-state index in [1.54, 1.807) is 12.3 Å². The molecule has 0 spiro atoms. The number of phenols is 1. The van der Waals surface area contributed by atoms with Crippen LogP contribution in [-0.4, -0.2) is 11.3 Å². The lowest BCUT2D eigenvalue weighted by Gasteiger charge is -2.04. The summed E-state index contributed by atoms with van der Waals surface area (Å²) in [6.07, 6.45) is 1.67. The number of hydrogen-bond acceptors (Lipinski definition) is 2. The summed E-state index contributed by atoms with van der Waals surface area (Å²) in [6, 6.07) is 9.75. The molecule has 2 aromatic rings. The Morgan fingerprint density at radius 3 is 2.58 bits per heavy atom. The molecule has 98 valence electrons. The number of benzene rings is 2.